The molecule has 1 atom stereocenters. The van der Waals surface area contributed by atoms with Crippen molar-refractivity contribution in [3.05, 3.63) is 27.7 Å². The van der Waals surface area contributed by atoms with Gasteiger partial charge in [0.1, 0.15) is 5.75 Å². The summed E-state index contributed by atoms with van der Waals surface area (Å²) in [6.07, 6.45) is 0. The molecular weight excluding hydrogens is 411 g/mol. The number of benzene rings is 1. The standard InChI is InChI=1S/C18H27Cl2F2N5O/c1-12(27-6-4-26(3)5-7-27)10-24-18(23-2)25-11-13-8-14(19)9-15(20)16(13)28-17(21)22/h8-9,12,17H,4-7,10-11H2,1-3H3,(H2,23,24,25). The molecule has 1 aliphatic heterocycles. The first-order chi connectivity index (χ1) is 13.3. The number of nitrogens with zero attached hydrogens (tertiary/aromatic N) is 3. The first kappa shape index (κ1) is 22.9. The van der Waals surface area contributed by atoms with Gasteiger partial charge in [-0.05, 0) is 26.1 Å². The Kier molecular flexibility index (Phi) is 9.01. The third kappa shape index (κ3) is 6.92. The summed E-state index contributed by atoms with van der Waals surface area (Å²) in [6.45, 7) is 4.25. The van der Waals surface area contributed by atoms with Crippen molar-refractivity contribution in [2.24, 2.45) is 4.99 Å². The van der Waals surface area contributed by atoms with E-state index in [1.807, 2.05) is 0 Å². The Morgan fingerprint density at radius 3 is 2.50 bits per heavy atom. The van der Waals surface area contributed by atoms with Crippen molar-refractivity contribution >= 4 is 29.2 Å². The topological polar surface area (TPSA) is 52.1 Å². The predicted octanol–water partition coefficient (Wildman–Crippen LogP) is 2.90. The van der Waals surface area contributed by atoms with Crippen LogP contribution in [0.4, 0.5) is 8.78 Å². The number of hydrogen-bond acceptors (Lipinski definition) is 4. The van der Waals surface area contributed by atoms with Gasteiger partial charge in [0.15, 0.2) is 5.96 Å². The summed E-state index contributed by atoms with van der Waals surface area (Å²) in [7, 11) is 3.78. The molecule has 2 rings (SSSR count). The van der Waals surface area contributed by atoms with Crippen LogP contribution in [0.2, 0.25) is 10.0 Å². The molecule has 1 fully saturated rings. The molecule has 28 heavy (non-hydrogen) atoms. The average molecular weight is 438 g/mol. The molecule has 6 nitrogen and oxygen atoms in total. The predicted molar refractivity (Wildman–Crippen MR) is 110 cm³/mol. The lowest BCUT2D eigenvalue weighted by molar-refractivity contribution is -0.0504. The van der Waals surface area contributed by atoms with Crippen LogP contribution in [0.1, 0.15) is 12.5 Å². The normalized spacial score (nSPS) is 17.6. The number of ether oxygens (including phenoxy) is 1. The van der Waals surface area contributed by atoms with Crippen LogP contribution in [0, 0.1) is 0 Å². The van der Waals surface area contributed by atoms with E-state index in [0.29, 0.717) is 29.1 Å². The molecular formula is C18H27Cl2F2N5O. The van der Waals surface area contributed by atoms with Crippen molar-refractivity contribution in [1.29, 1.82) is 0 Å². The van der Waals surface area contributed by atoms with Crippen LogP contribution in [-0.4, -0.2) is 75.2 Å². The van der Waals surface area contributed by atoms with Crippen LogP contribution >= 0.6 is 23.2 Å². The summed E-state index contributed by atoms with van der Waals surface area (Å²) in [6, 6.07) is 3.25. The Morgan fingerprint density at radius 1 is 1.21 bits per heavy atom. The number of piperazine rings is 1. The van der Waals surface area contributed by atoms with Crippen molar-refractivity contribution in [2.45, 2.75) is 26.1 Å². The van der Waals surface area contributed by atoms with Crippen LogP contribution in [0.15, 0.2) is 17.1 Å². The second kappa shape index (κ2) is 11.0. The Bertz CT molecular complexity index is 670. The van der Waals surface area contributed by atoms with E-state index in [-0.39, 0.29) is 17.3 Å². The number of aliphatic imine (C=N–C) groups is 1. The number of nitrogens with one attached hydrogen (secondary N) is 2. The van der Waals surface area contributed by atoms with E-state index in [9.17, 15) is 8.78 Å². The molecule has 0 aromatic heterocycles. The van der Waals surface area contributed by atoms with E-state index in [0.717, 1.165) is 26.2 Å². The molecule has 10 heteroatoms. The highest BCUT2D eigenvalue weighted by Gasteiger charge is 2.19. The SMILES string of the molecule is CN=C(NCc1cc(Cl)cc(Cl)c1OC(F)F)NCC(C)N1CCN(C)CC1. The van der Waals surface area contributed by atoms with E-state index >= 15 is 0 Å². The fourth-order valence-electron chi connectivity index (χ4n) is 3.00. The molecule has 1 heterocycles. The number of halogens is 4. The highest BCUT2D eigenvalue weighted by molar-refractivity contribution is 6.35. The maximum atomic E-state index is 12.7. The average Bonchev–Trinajstić information content (AvgIpc) is 2.64. The maximum absolute atomic E-state index is 12.7. The summed E-state index contributed by atoms with van der Waals surface area (Å²) < 4.78 is 29.9. The van der Waals surface area contributed by atoms with Gasteiger partial charge in [0.05, 0.1) is 5.02 Å². The molecule has 1 aliphatic rings. The van der Waals surface area contributed by atoms with Gasteiger partial charge in [0, 0.05) is 62.9 Å². The van der Waals surface area contributed by atoms with E-state index in [4.69, 9.17) is 23.2 Å². The Balaban J connectivity index is 1.91. The first-order valence-electron chi connectivity index (χ1n) is 9.10. The lowest BCUT2D eigenvalue weighted by Gasteiger charge is -2.36. The van der Waals surface area contributed by atoms with Gasteiger partial charge in [-0.1, -0.05) is 23.2 Å². The van der Waals surface area contributed by atoms with E-state index in [1.165, 1.54) is 12.1 Å². The fourth-order valence-corrected chi connectivity index (χ4v) is 3.58. The zero-order valence-electron chi connectivity index (χ0n) is 16.3. The molecule has 0 radical (unpaired) electrons. The smallest absolute Gasteiger partial charge is 0.387 e. The second-order valence-corrected chi connectivity index (χ2v) is 7.59. The molecule has 158 valence electrons. The van der Waals surface area contributed by atoms with Crippen LogP contribution in [-0.2, 0) is 6.54 Å². The third-order valence-electron chi connectivity index (χ3n) is 4.69. The van der Waals surface area contributed by atoms with Crippen LogP contribution in [0.5, 0.6) is 5.75 Å². The highest BCUT2D eigenvalue weighted by atomic mass is 35.5. The van der Waals surface area contributed by atoms with Gasteiger partial charge in [0.2, 0.25) is 0 Å². The molecule has 2 N–H and O–H groups in total. The van der Waals surface area contributed by atoms with Crippen LogP contribution < -0.4 is 15.4 Å². The maximum Gasteiger partial charge on any atom is 0.387 e. The molecule has 1 saturated heterocycles. The quantitative estimate of drug-likeness (QED) is 0.507. The molecule has 0 bridgehead atoms. The van der Waals surface area contributed by atoms with Gasteiger partial charge in [-0.2, -0.15) is 8.78 Å². The lowest BCUT2D eigenvalue weighted by Crippen LogP contribution is -2.52. The second-order valence-electron chi connectivity index (χ2n) is 6.75. The van der Waals surface area contributed by atoms with E-state index in [2.05, 4.69) is 44.1 Å². The third-order valence-corrected chi connectivity index (χ3v) is 5.19. The van der Waals surface area contributed by atoms with Crippen LogP contribution in [0.25, 0.3) is 0 Å². The van der Waals surface area contributed by atoms with Gasteiger partial charge < -0.3 is 20.3 Å². The van der Waals surface area contributed by atoms with Gasteiger partial charge in [0.25, 0.3) is 0 Å². The Morgan fingerprint density at radius 2 is 1.89 bits per heavy atom. The first-order valence-corrected chi connectivity index (χ1v) is 9.85. The molecule has 0 spiro atoms. The monoisotopic (exact) mass is 437 g/mol. The van der Waals surface area contributed by atoms with Crippen molar-refractivity contribution < 1.29 is 13.5 Å². The van der Waals surface area contributed by atoms with Gasteiger partial charge in [-0.25, -0.2) is 0 Å². The van der Waals surface area contributed by atoms with Crippen molar-refractivity contribution in [1.82, 2.24) is 20.4 Å². The van der Waals surface area contributed by atoms with Crippen molar-refractivity contribution in [2.75, 3.05) is 46.8 Å². The molecule has 1 unspecified atom stereocenters. The summed E-state index contributed by atoms with van der Waals surface area (Å²) >= 11 is 12.0. The van der Waals surface area contributed by atoms with Gasteiger partial charge >= 0.3 is 6.61 Å². The minimum absolute atomic E-state index is 0.0382. The Labute approximate surface area is 174 Å². The molecule has 0 aliphatic carbocycles. The number of guanidine groups is 1. The summed E-state index contributed by atoms with van der Waals surface area (Å²) in [5.41, 5.74) is 0.424. The van der Waals surface area contributed by atoms with Gasteiger partial charge in [-0.3, -0.25) is 9.89 Å². The minimum Gasteiger partial charge on any atom is -0.433 e. The molecule has 0 saturated carbocycles. The van der Waals surface area contributed by atoms with E-state index < -0.39 is 6.61 Å². The molecule has 1 aromatic rings. The number of hydrogen-bond donors (Lipinski definition) is 2. The Hall–Kier alpha value is -1.35. The summed E-state index contributed by atoms with van der Waals surface area (Å²) in [4.78, 5) is 8.91. The van der Waals surface area contributed by atoms with Crippen molar-refractivity contribution in [3.63, 3.8) is 0 Å². The largest absolute Gasteiger partial charge is 0.433 e. The molecule has 0 amide bonds. The van der Waals surface area contributed by atoms with Gasteiger partial charge in [-0.15, -0.1) is 0 Å². The molecule has 1 aromatic carbocycles. The minimum atomic E-state index is -2.97. The fraction of sp³-hybridized carbons (Fsp3) is 0.611. The number of alkyl halides is 2. The number of rotatable bonds is 7. The zero-order valence-corrected chi connectivity index (χ0v) is 17.8. The summed E-state index contributed by atoms with van der Waals surface area (Å²) in [5.74, 6) is 0.467. The van der Waals surface area contributed by atoms with E-state index in [1.54, 1.807) is 7.05 Å². The zero-order chi connectivity index (χ0) is 20.7. The van der Waals surface area contributed by atoms with Crippen LogP contribution in [0.3, 0.4) is 0 Å². The summed E-state index contributed by atoms with van der Waals surface area (Å²) in [5, 5.41) is 6.74. The lowest BCUT2D eigenvalue weighted by atomic mass is 10.2. The van der Waals surface area contributed by atoms with Crippen molar-refractivity contribution in [3.8, 4) is 5.75 Å². The number of likely N-dealkylation sites (N-methyl/N-ethyl adjacent to an activating group) is 1. The highest BCUT2D eigenvalue weighted by Crippen LogP contribution is 2.33.